The van der Waals surface area contributed by atoms with Crippen molar-refractivity contribution in [3.8, 4) is 0 Å². The Hall–Kier alpha value is -1.09. The molecule has 4 N–H and O–H groups in total. The molecule has 2 bridgehead atoms. The molecule has 3 aliphatic rings. The zero-order valence-corrected chi connectivity index (χ0v) is 15.2. The third-order valence-electron chi connectivity index (χ3n) is 6.17. The van der Waals surface area contributed by atoms with Crippen LogP contribution in [0.25, 0.3) is 0 Å². The van der Waals surface area contributed by atoms with Gasteiger partial charge in [0, 0.05) is 6.32 Å². The van der Waals surface area contributed by atoms with Crippen molar-refractivity contribution in [3.63, 3.8) is 0 Å². The van der Waals surface area contributed by atoms with Crippen LogP contribution in [0.2, 0.25) is 0 Å². The molecule has 3 atom stereocenters. The first-order chi connectivity index (χ1) is 11.7. The lowest BCUT2D eigenvalue weighted by Gasteiger charge is -2.68. The smallest absolute Gasteiger partial charge is 0.427 e. The van der Waals surface area contributed by atoms with Gasteiger partial charge >= 0.3 is 13.3 Å². The Morgan fingerprint density at radius 1 is 1.15 bits per heavy atom. The Labute approximate surface area is 151 Å². The summed E-state index contributed by atoms with van der Waals surface area (Å²) in [6.07, 6.45) is -2.01. The van der Waals surface area contributed by atoms with Crippen molar-refractivity contribution >= 4 is 7.12 Å². The Kier molecular flexibility index (Phi) is 5.56. The molecule has 0 radical (unpaired) electrons. The second-order valence-electron chi connectivity index (χ2n) is 8.18. The van der Waals surface area contributed by atoms with Gasteiger partial charge in [0.05, 0.1) is 16.8 Å². The summed E-state index contributed by atoms with van der Waals surface area (Å²) in [7, 11) is -1.63. The lowest BCUT2D eigenvalue weighted by molar-refractivity contribution is -0.312. The van der Waals surface area contributed by atoms with Gasteiger partial charge in [0.2, 0.25) is 0 Å². The number of hydrogen-bond donors (Lipinski definition) is 4. The quantitative estimate of drug-likeness (QED) is 0.600. The van der Waals surface area contributed by atoms with E-state index in [-0.39, 0.29) is 17.3 Å². The van der Waals surface area contributed by atoms with Crippen LogP contribution in [-0.2, 0) is 12.5 Å². The van der Waals surface area contributed by atoms with Gasteiger partial charge in [0.1, 0.15) is 0 Å². The number of alkyl halides is 3. The molecule has 3 fully saturated rings. The fourth-order valence-corrected chi connectivity index (χ4v) is 4.21. The lowest BCUT2D eigenvalue weighted by Crippen LogP contribution is -2.74. The van der Waals surface area contributed by atoms with Crippen molar-refractivity contribution in [2.75, 3.05) is 0 Å². The van der Waals surface area contributed by atoms with E-state index in [1.807, 2.05) is 0 Å². The number of aliphatic hydroxyl groups is 2. The normalized spacial score (nSPS) is 32.2. The molecule has 0 amide bonds. The highest BCUT2D eigenvalue weighted by Crippen LogP contribution is 2.65. The van der Waals surface area contributed by atoms with Gasteiger partial charge in [-0.05, 0) is 49.1 Å². The molecule has 0 spiro atoms. The van der Waals surface area contributed by atoms with E-state index < -0.39 is 30.1 Å². The third kappa shape index (κ3) is 3.79. The Morgan fingerprint density at radius 2 is 1.77 bits per heavy atom. The molecule has 0 aliphatic heterocycles. The molecule has 3 saturated carbocycles. The predicted molar refractivity (Wildman–Crippen MR) is 92.0 cm³/mol. The average Bonchev–Trinajstić information content (AvgIpc) is 2.49. The van der Waals surface area contributed by atoms with E-state index in [9.17, 15) is 23.4 Å². The van der Waals surface area contributed by atoms with E-state index in [4.69, 9.17) is 10.0 Å². The van der Waals surface area contributed by atoms with Gasteiger partial charge in [0.25, 0.3) is 0 Å². The van der Waals surface area contributed by atoms with E-state index in [1.165, 1.54) is 12.1 Å². The monoisotopic (exact) mass is 374 g/mol. The molecule has 8 heteroatoms. The Morgan fingerprint density at radius 3 is 2.19 bits per heavy atom. The van der Waals surface area contributed by atoms with Crippen LogP contribution in [0.15, 0.2) is 24.3 Å². The summed E-state index contributed by atoms with van der Waals surface area (Å²) in [6.45, 7) is 5.90. The molecule has 26 heavy (non-hydrogen) atoms. The maximum absolute atomic E-state index is 12.2. The van der Waals surface area contributed by atoms with Crippen molar-refractivity contribution in [3.05, 3.63) is 35.4 Å². The Bertz CT molecular complexity index is 636. The molecule has 146 valence electrons. The van der Waals surface area contributed by atoms with Crippen LogP contribution in [-0.4, -0.2) is 38.6 Å². The SMILES string of the molecule is CC1(O)CCC2CC1(O)C2(C)C.OB(O)Cc1cccc(C(F)(F)F)c1. The largest absolute Gasteiger partial charge is 0.456 e. The van der Waals surface area contributed by atoms with Crippen molar-refractivity contribution < 1.29 is 33.4 Å². The summed E-state index contributed by atoms with van der Waals surface area (Å²) in [6, 6.07) is 4.49. The second-order valence-corrected chi connectivity index (χ2v) is 8.18. The highest BCUT2D eigenvalue weighted by atomic mass is 19.4. The molecule has 4 rings (SSSR count). The van der Waals surface area contributed by atoms with Gasteiger partial charge in [-0.25, -0.2) is 0 Å². The van der Waals surface area contributed by atoms with Crippen LogP contribution in [0.3, 0.4) is 0 Å². The van der Waals surface area contributed by atoms with Gasteiger partial charge in [0.15, 0.2) is 0 Å². The minimum absolute atomic E-state index is 0.0885. The van der Waals surface area contributed by atoms with Crippen LogP contribution >= 0.6 is 0 Å². The molecule has 0 saturated heterocycles. The van der Waals surface area contributed by atoms with Crippen LogP contribution in [0.4, 0.5) is 13.2 Å². The predicted octanol–water partition coefficient (Wildman–Crippen LogP) is 2.57. The van der Waals surface area contributed by atoms with Gasteiger partial charge < -0.3 is 20.3 Å². The second kappa shape index (κ2) is 6.82. The van der Waals surface area contributed by atoms with Crippen molar-refractivity contribution in [2.24, 2.45) is 11.3 Å². The lowest BCUT2D eigenvalue weighted by atomic mass is 9.41. The zero-order valence-electron chi connectivity index (χ0n) is 15.2. The fraction of sp³-hybridized carbons (Fsp3) is 0.667. The molecule has 0 aromatic heterocycles. The maximum Gasteiger partial charge on any atom is 0.456 e. The van der Waals surface area contributed by atoms with Crippen molar-refractivity contribution in [2.45, 2.75) is 63.7 Å². The van der Waals surface area contributed by atoms with Gasteiger partial charge in [-0.3, -0.25) is 0 Å². The molecule has 0 heterocycles. The summed E-state index contributed by atoms with van der Waals surface area (Å²) in [5.74, 6) is 0.614. The number of benzene rings is 1. The van der Waals surface area contributed by atoms with Gasteiger partial charge in [-0.2, -0.15) is 13.2 Å². The first-order valence-corrected chi connectivity index (χ1v) is 8.68. The standard InChI is InChI=1S/C10H18O2.C8H8BF3O2/c1-8(2)7-4-5-9(3,11)10(8,12)6-7;10-8(11,12)7-3-1-2-6(4-7)5-9(13)14/h7,11-12H,4-6H2,1-3H3;1-4,13-14H,5H2. The van der Waals surface area contributed by atoms with Crippen LogP contribution in [0, 0.1) is 11.3 Å². The molecule has 4 nitrogen and oxygen atoms in total. The topological polar surface area (TPSA) is 80.9 Å². The molecular weight excluding hydrogens is 348 g/mol. The molecule has 3 unspecified atom stereocenters. The summed E-state index contributed by atoms with van der Waals surface area (Å²) < 4.78 is 36.5. The fourth-order valence-electron chi connectivity index (χ4n) is 4.21. The first kappa shape index (κ1) is 21.2. The van der Waals surface area contributed by atoms with Crippen molar-refractivity contribution in [1.82, 2.24) is 0 Å². The number of rotatable bonds is 2. The number of hydrogen-bond acceptors (Lipinski definition) is 4. The Balaban J connectivity index is 0.000000189. The number of fused-ring (bicyclic) bond motifs is 2. The minimum Gasteiger partial charge on any atom is -0.427 e. The van der Waals surface area contributed by atoms with E-state index in [2.05, 4.69) is 13.8 Å². The van der Waals surface area contributed by atoms with Gasteiger partial charge in [-0.15, -0.1) is 0 Å². The molecule has 1 aromatic carbocycles. The highest BCUT2D eigenvalue weighted by Gasteiger charge is 2.69. The van der Waals surface area contributed by atoms with Crippen molar-refractivity contribution in [1.29, 1.82) is 0 Å². The minimum atomic E-state index is -4.39. The molecular formula is C18H26BF3O4. The van der Waals surface area contributed by atoms with E-state index >= 15 is 0 Å². The molecule has 1 aromatic rings. The zero-order chi connectivity index (χ0) is 20.0. The van der Waals surface area contributed by atoms with Crippen LogP contribution in [0.1, 0.15) is 51.2 Å². The van der Waals surface area contributed by atoms with E-state index in [1.54, 1.807) is 6.92 Å². The van der Waals surface area contributed by atoms with Crippen LogP contribution in [0.5, 0.6) is 0 Å². The highest BCUT2D eigenvalue weighted by molar-refractivity contribution is 6.40. The van der Waals surface area contributed by atoms with E-state index in [0.717, 1.165) is 31.4 Å². The summed E-state index contributed by atoms with van der Waals surface area (Å²) in [4.78, 5) is 0. The molecule has 3 aliphatic carbocycles. The number of halogens is 3. The summed E-state index contributed by atoms with van der Waals surface area (Å²) in [5.41, 5.74) is -2.33. The van der Waals surface area contributed by atoms with Crippen LogP contribution < -0.4 is 0 Å². The average molecular weight is 374 g/mol. The van der Waals surface area contributed by atoms with Gasteiger partial charge in [-0.1, -0.05) is 32.0 Å². The third-order valence-corrected chi connectivity index (χ3v) is 6.17. The maximum atomic E-state index is 12.2. The first-order valence-electron chi connectivity index (χ1n) is 8.68. The summed E-state index contributed by atoms with van der Waals surface area (Å²) >= 11 is 0. The van der Waals surface area contributed by atoms with E-state index in [0.29, 0.717) is 5.92 Å². The summed E-state index contributed by atoms with van der Waals surface area (Å²) in [5, 5.41) is 37.4.